The van der Waals surface area contributed by atoms with Crippen LogP contribution in [0.5, 0.6) is 17.2 Å². The Morgan fingerprint density at radius 1 is 1.05 bits per heavy atom. The van der Waals surface area contributed by atoms with Gasteiger partial charge in [0.2, 0.25) is 0 Å². The molecule has 0 saturated heterocycles. The molecule has 1 rings (SSSR count). The summed E-state index contributed by atoms with van der Waals surface area (Å²) in [4.78, 5) is 0. The van der Waals surface area contributed by atoms with Gasteiger partial charge in [-0.15, -0.1) is 0 Å². The number of ether oxygens (including phenoxy) is 4. The number of hydrogen-bond acceptors (Lipinski definition) is 5. The number of rotatable bonds is 10. The number of methoxy groups -OCH3 is 3. The Bertz CT molecular complexity index is 421. The minimum Gasteiger partial charge on any atom is -0.502 e. The predicted octanol–water partition coefficient (Wildman–Crippen LogP) is 2.35. The molecule has 0 radical (unpaired) electrons. The standard InChI is InChI=1S/C15H23NO4/c1-5-20-8-6-7-16-11-12-9-14(18-3)15(19-4)10-13(12)17-2/h5,9-10,16H,1,6-8,11H2,2-4H3. The van der Waals surface area contributed by atoms with Gasteiger partial charge in [-0.2, -0.15) is 0 Å². The average Bonchev–Trinajstić information content (AvgIpc) is 2.49. The summed E-state index contributed by atoms with van der Waals surface area (Å²) >= 11 is 0. The Balaban J connectivity index is 2.61. The fourth-order valence-corrected chi connectivity index (χ4v) is 1.82. The van der Waals surface area contributed by atoms with Crippen molar-refractivity contribution in [1.29, 1.82) is 0 Å². The van der Waals surface area contributed by atoms with Crippen molar-refractivity contribution in [3.05, 3.63) is 30.5 Å². The van der Waals surface area contributed by atoms with Gasteiger partial charge in [0.25, 0.3) is 0 Å². The molecule has 1 aromatic carbocycles. The molecule has 0 fully saturated rings. The number of hydrogen-bond donors (Lipinski definition) is 1. The van der Waals surface area contributed by atoms with Crippen LogP contribution in [0.15, 0.2) is 25.0 Å². The molecule has 0 spiro atoms. The van der Waals surface area contributed by atoms with Crippen LogP contribution in [0.25, 0.3) is 0 Å². The van der Waals surface area contributed by atoms with Gasteiger partial charge in [0, 0.05) is 18.2 Å². The molecule has 0 aliphatic heterocycles. The maximum atomic E-state index is 5.37. The summed E-state index contributed by atoms with van der Waals surface area (Å²) in [6.07, 6.45) is 2.37. The molecule has 0 heterocycles. The van der Waals surface area contributed by atoms with Gasteiger partial charge in [0.15, 0.2) is 11.5 Å². The van der Waals surface area contributed by atoms with Crippen LogP contribution in [-0.4, -0.2) is 34.5 Å². The van der Waals surface area contributed by atoms with Crippen LogP contribution in [0, 0.1) is 0 Å². The molecule has 0 aliphatic rings. The molecule has 0 atom stereocenters. The molecule has 0 bridgehead atoms. The highest BCUT2D eigenvalue weighted by atomic mass is 16.5. The van der Waals surface area contributed by atoms with Crippen LogP contribution >= 0.6 is 0 Å². The van der Waals surface area contributed by atoms with E-state index in [1.54, 1.807) is 21.3 Å². The third kappa shape index (κ3) is 4.66. The monoisotopic (exact) mass is 281 g/mol. The van der Waals surface area contributed by atoms with Gasteiger partial charge in [-0.05, 0) is 19.0 Å². The van der Waals surface area contributed by atoms with E-state index in [1.165, 1.54) is 6.26 Å². The third-order valence-electron chi connectivity index (χ3n) is 2.84. The lowest BCUT2D eigenvalue weighted by Crippen LogP contribution is -2.16. The molecule has 20 heavy (non-hydrogen) atoms. The van der Waals surface area contributed by atoms with E-state index in [0.717, 1.165) is 24.3 Å². The number of nitrogens with one attached hydrogen (secondary N) is 1. The lowest BCUT2D eigenvalue weighted by molar-refractivity contribution is 0.244. The summed E-state index contributed by atoms with van der Waals surface area (Å²) in [7, 11) is 4.87. The molecule has 1 aromatic rings. The van der Waals surface area contributed by atoms with E-state index in [1.807, 2.05) is 12.1 Å². The van der Waals surface area contributed by atoms with E-state index >= 15 is 0 Å². The van der Waals surface area contributed by atoms with Gasteiger partial charge in [-0.25, -0.2) is 0 Å². The Labute approximate surface area is 120 Å². The van der Waals surface area contributed by atoms with Gasteiger partial charge in [-0.3, -0.25) is 0 Å². The third-order valence-corrected chi connectivity index (χ3v) is 2.84. The van der Waals surface area contributed by atoms with Crippen molar-refractivity contribution < 1.29 is 18.9 Å². The first-order chi connectivity index (χ1) is 9.76. The van der Waals surface area contributed by atoms with Gasteiger partial charge in [0.05, 0.1) is 34.2 Å². The second-order valence-corrected chi connectivity index (χ2v) is 4.09. The van der Waals surface area contributed by atoms with E-state index in [4.69, 9.17) is 18.9 Å². The van der Waals surface area contributed by atoms with Crippen LogP contribution in [0.2, 0.25) is 0 Å². The summed E-state index contributed by atoms with van der Waals surface area (Å²) in [5.74, 6) is 2.13. The van der Waals surface area contributed by atoms with Crippen molar-refractivity contribution >= 4 is 0 Å². The van der Waals surface area contributed by atoms with Crippen LogP contribution in [-0.2, 0) is 11.3 Å². The first kappa shape index (κ1) is 16.2. The van der Waals surface area contributed by atoms with E-state index < -0.39 is 0 Å². The van der Waals surface area contributed by atoms with Crippen molar-refractivity contribution in [2.24, 2.45) is 0 Å². The first-order valence-corrected chi connectivity index (χ1v) is 6.49. The summed E-state index contributed by atoms with van der Waals surface area (Å²) in [5, 5.41) is 3.33. The summed E-state index contributed by atoms with van der Waals surface area (Å²) in [5.41, 5.74) is 1.02. The molecule has 0 saturated carbocycles. The quantitative estimate of drug-likeness (QED) is 0.527. The van der Waals surface area contributed by atoms with Crippen molar-refractivity contribution in [2.45, 2.75) is 13.0 Å². The van der Waals surface area contributed by atoms with E-state index in [0.29, 0.717) is 24.7 Å². The zero-order valence-electron chi connectivity index (χ0n) is 12.4. The molecule has 1 N–H and O–H groups in total. The van der Waals surface area contributed by atoms with Gasteiger partial charge < -0.3 is 24.3 Å². The zero-order valence-corrected chi connectivity index (χ0v) is 12.4. The molecule has 5 nitrogen and oxygen atoms in total. The minimum atomic E-state index is 0.660. The normalized spacial score (nSPS) is 9.95. The smallest absolute Gasteiger partial charge is 0.164 e. The highest BCUT2D eigenvalue weighted by Crippen LogP contribution is 2.34. The molecule has 5 heteroatoms. The van der Waals surface area contributed by atoms with Crippen molar-refractivity contribution in [2.75, 3.05) is 34.5 Å². The molecule has 0 unspecified atom stereocenters. The molecule has 112 valence electrons. The largest absolute Gasteiger partial charge is 0.502 e. The fraction of sp³-hybridized carbons (Fsp3) is 0.467. The van der Waals surface area contributed by atoms with E-state index in [-0.39, 0.29) is 0 Å². The van der Waals surface area contributed by atoms with Crippen molar-refractivity contribution in [3.8, 4) is 17.2 Å². The lowest BCUT2D eigenvalue weighted by atomic mass is 10.1. The Hall–Kier alpha value is -1.88. The predicted molar refractivity (Wildman–Crippen MR) is 78.6 cm³/mol. The molecule has 0 aliphatic carbocycles. The molecule has 0 aromatic heterocycles. The first-order valence-electron chi connectivity index (χ1n) is 6.49. The zero-order chi connectivity index (χ0) is 14.8. The highest BCUT2D eigenvalue weighted by molar-refractivity contribution is 5.50. The lowest BCUT2D eigenvalue weighted by Gasteiger charge is -2.14. The maximum Gasteiger partial charge on any atom is 0.164 e. The average molecular weight is 281 g/mol. The fourth-order valence-electron chi connectivity index (χ4n) is 1.82. The van der Waals surface area contributed by atoms with Crippen molar-refractivity contribution in [3.63, 3.8) is 0 Å². The Kier molecular flexibility index (Phi) is 7.35. The Morgan fingerprint density at radius 2 is 1.70 bits per heavy atom. The summed E-state index contributed by atoms with van der Waals surface area (Å²) in [6.45, 7) is 5.71. The number of benzene rings is 1. The SMILES string of the molecule is C=COCCCNCc1cc(OC)c(OC)cc1OC. The van der Waals surface area contributed by atoms with Gasteiger partial charge >= 0.3 is 0 Å². The molecule has 0 amide bonds. The van der Waals surface area contributed by atoms with Crippen LogP contribution in [0.4, 0.5) is 0 Å². The topological polar surface area (TPSA) is 49.0 Å². The second-order valence-electron chi connectivity index (χ2n) is 4.09. The van der Waals surface area contributed by atoms with Crippen LogP contribution in [0.3, 0.4) is 0 Å². The Morgan fingerprint density at radius 3 is 2.30 bits per heavy atom. The maximum absolute atomic E-state index is 5.37. The molecular formula is C15H23NO4. The van der Waals surface area contributed by atoms with Crippen molar-refractivity contribution in [1.82, 2.24) is 5.32 Å². The van der Waals surface area contributed by atoms with Gasteiger partial charge in [0.1, 0.15) is 5.75 Å². The van der Waals surface area contributed by atoms with Crippen LogP contribution in [0.1, 0.15) is 12.0 Å². The highest BCUT2D eigenvalue weighted by Gasteiger charge is 2.11. The minimum absolute atomic E-state index is 0.660. The van der Waals surface area contributed by atoms with E-state index in [2.05, 4.69) is 11.9 Å². The summed E-state index contributed by atoms with van der Waals surface area (Å²) in [6, 6.07) is 3.75. The van der Waals surface area contributed by atoms with E-state index in [9.17, 15) is 0 Å². The summed E-state index contributed by atoms with van der Waals surface area (Å²) < 4.78 is 21.0. The van der Waals surface area contributed by atoms with Gasteiger partial charge in [-0.1, -0.05) is 6.58 Å². The second kappa shape index (κ2) is 9.09. The van der Waals surface area contributed by atoms with Crippen LogP contribution < -0.4 is 19.5 Å². The molecular weight excluding hydrogens is 258 g/mol.